The van der Waals surface area contributed by atoms with E-state index < -0.39 is 39.4 Å². The number of alkyl halides is 6. The van der Waals surface area contributed by atoms with Gasteiger partial charge in [0.1, 0.15) is 0 Å². The molecule has 0 aliphatic carbocycles. The molecule has 3 rings (SSSR count). The van der Waals surface area contributed by atoms with Crippen LogP contribution in [0.3, 0.4) is 0 Å². The summed E-state index contributed by atoms with van der Waals surface area (Å²) in [6.45, 7) is 0.281. The van der Waals surface area contributed by atoms with Gasteiger partial charge in [0.15, 0.2) is 9.84 Å². The van der Waals surface area contributed by atoms with Gasteiger partial charge in [0, 0.05) is 17.1 Å². The molecule has 176 valence electrons. The van der Waals surface area contributed by atoms with Crippen LogP contribution in [0.25, 0.3) is 11.1 Å². The summed E-state index contributed by atoms with van der Waals surface area (Å²) in [6, 6.07) is 8.45. The van der Waals surface area contributed by atoms with Crippen molar-refractivity contribution in [2.45, 2.75) is 41.8 Å². The van der Waals surface area contributed by atoms with Gasteiger partial charge in [-0.3, -0.25) is 0 Å². The molecular weight excluding hydrogens is 480 g/mol. The summed E-state index contributed by atoms with van der Waals surface area (Å²) in [5.41, 5.74) is -1.03. The highest BCUT2D eigenvalue weighted by atomic mass is 35.5. The van der Waals surface area contributed by atoms with Crippen molar-refractivity contribution in [3.05, 3.63) is 53.1 Å². The average molecular weight is 500 g/mol. The lowest BCUT2D eigenvalue weighted by Crippen LogP contribution is -2.40. The zero-order valence-electron chi connectivity index (χ0n) is 16.7. The highest BCUT2D eigenvalue weighted by molar-refractivity contribution is 7.92. The number of sulfone groups is 1. The lowest BCUT2D eigenvalue weighted by atomic mass is 9.99. The van der Waals surface area contributed by atoms with Gasteiger partial charge in [0.2, 0.25) is 0 Å². The molecule has 3 nitrogen and oxygen atoms in total. The molecule has 0 saturated carbocycles. The van der Waals surface area contributed by atoms with Gasteiger partial charge < -0.3 is 4.90 Å². The molecule has 1 heterocycles. The maximum atomic E-state index is 13.4. The fraction of sp³-hybridized carbons (Fsp3) is 0.429. The smallest absolute Gasteiger partial charge is 0.303 e. The van der Waals surface area contributed by atoms with Crippen LogP contribution in [-0.4, -0.2) is 44.4 Å². The number of rotatable bonds is 5. The first-order valence-corrected chi connectivity index (χ1v) is 11.7. The van der Waals surface area contributed by atoms with Crippen LogP contribution in [0.2, 0.25) is 5.02 Å². The SMILES string of the molecule is O=S(=O)(c1ccc(-c2c(Cl)cccc2C(F)(F)F)cc1)C1CCN(CCC(F)(F)F)CC1. The van der Waals surface area contributed by atoms with Crippen LogP contribution in [0.5, 0.6) is 0 Å². The number of halogens is 7. The molecule has 0 spiro atoms. The third kappa shape index (κ3) is 5.77. The van der Waals surface area contributed by atoms with E-state index in [1.807, 2.05) is 0 Å². The van der Waals surface area contributed by atoms with E-state index in [0.717, 1.165) is 6.07 Å². The number of piperidine rings is 1. The average Bonchev–Trinajstić information content (AvgIpc) is 2.71. The van der Waals surface area contributed by atoms with E-state index in [1.165, 1.54) is 36.4 Å². The lowest BCUT2D eigenvalue weighted by molar-refractivity contribution is -0.138. The van der Waals surface area contributed by atoms with E-state index >= 15 is 0 Å². The first kappa shape index (κ1) is 24.9. The summed E-state index contributed by atoms with van der Waals surface area (Å²) < 4.78 is 103. The Morgan fingerprint density at radius 3 is 2.06 bits per heavy atom. The molecule has 0 N–H and O–H groups in total. The number of benzene rings is 2. The molecule has 0 aromatic heterocycles. The maximum absolute atomic E-state index is 13.4. The summed E-state index contributed by atoms with van der Waals surface area (Å²) in [6.07, 6.45) is -9.48. The molecular formula is C21H20ClF6NO2S. The van der Waals surface area contributed by atoms with E-state index in [0.29, 0.717) is 0 Å². The van der Waals surface area contributed by atoms with E-state index in [1.54, 1.807) is 4.90 Å². The Balaban J connectivity index is 1.76. The molecule has 2 aromatic carbocycles. The molecule has 0 atom stereocenters. The highest BCUT2D eigenvalue weighted by Crippen LogP contribution is 2.41. The minimum atomic E-state index is -4.63. The van der Waals surface area contributed by atoms with Crippen molar-refractivity contribution in [3.63, 3.8) is 0 Å². The van der Waals surface area contributed by atoms with Crippen molar-refractivity contribution in [2.24, 2.45) is 0 Å². The van der Waals surface area contributed by atoms with Crippen LogP contribution in [0.4, 0.5) is 26.3 Å². The Kier molecular flexibility index (Phi) is 7.17. The van der Waals surface area contributed by atoms with E-state index in [4.69, 9.17) is 11.6 Å². The zero-order chi connectivity index (χ0) is 23.7. The first-order chi connectivity index (χ1) is 14.8. The first-order valence-electron chi connectivity index (χ1n) is 9.78. The minimum absolute atomic E-state index is 0.0457. The molecule has 32 heavy (non-hydrogen) atoms. The van der Waals surface area contributed by atoms with Crippen molar-refractivity contribution in [1.29, 1.82) is 0 Å². The Hall–Kier alpha value is -1.78. The molecule has 0 bridgehead atoms. The topological polar surface area (TPSA) is 37.4 Å². The molecule has 1 aliphatic heterocycles. The molecule has 0 radical (unpaired) electrons. The van der Waals surface area contributed by atoms with Crippen molar-refractivity contribution in [3.8, 4) is 11.1 Å². The quantitative estimate of drug-likeness (QED) is 0.459. The van der Waals surface area contributed by atoms with Gasteiger partial charge in [-0.05, 0) is 55.8 Å². The summed E-state index contributed by atoms with van der Waals surface area (Å²) in [5, 5.41) is -0.872. The molecule has 2 aromatic rings. The maximum Gasteiger partial charge on any atom is 0.417 e. The fourth-order valence-electron chi connectivity index (χ4n) is 3.79. The second kappa shape index (κ2) is 9.23. The second-order valence-corrected chi connectivity index (χ2v) is 10.3. The summed E-state index contributed by atoms with van der Waals surface area (Å²) in [4.78, 5) is 1.54. The third-order valence-corrected chi connectivity index (χ3v) is 8.07. The Morgan fingerprint density at radius 1 is 0.938 bits per heavy atom. The van der Waals surface area contributed by atoms with Gasteiger partial charge in [-0.15, -0.1) is 0 Å². The largest absolute Gasteiger partial charge is 0.417 e. The fourth-order valence-corrected chi connectivity index (χ4v) is 5.80. The summed E-state index contributed by atoms with van der Waals surface area (Å²) in [5.74, 6) is 0. The van der Waals surface area contributed by atoms with Crippen molar-refractivity contribution in [1.82, 2.24) is 4.90 Å². The second-order valence-electron chi connectivity index (χ2n) is 7.64. The zero-order valence-corrected chi connectivity index (χ0v) is 18.3. The van der Waals surface area contributed by atoms with E-state index in [9.17, 15) is 34.8 Å². The predicted molar refractivity (Wildman–Crippen MR) is 109 cm³/mol. The molecule has 0 amide bonds. The Morgan fingerprint density at radius 2 is 1.53 bits per heavy atom. The molecule has 1 fully saturated rings. The molecule has 1 aliphatic rings. The number of nitrogens with zero attached hydrogens (tertiary/aromatic N) is 1. The molecule has 11 heteroatoms. The highest BCUT2D eigenvalue weighted by Gasteiger charge is 2.36. The van der Waals surface area contributed by atoms with Crippen LogP contribution in [0, 0.1) is 0 Å². The summed E-state index contributed by atoms with van der Waals surface area (Å²) in [7, 11) is -3.78. The summed E-state index contributed by atoms with van der Waals surface area (Å²) >= 11 is 6.00. The van der Waals surface area contributed by atoms with Gasteiger partial charge >= 0.3 is 12.4 Å². The van der Waals surface area contributed by atoms with Gasteiger partial charge in [-0.1, -0.05) is 29.8 Å². The van der Waals surface area contributed by atoms with Crippen molar-refractivity contribution in [2.75, 3.05) is 19.6 Å². The lowest BCUT2D eigenvalue weighted by Gasteiger charge is -2.31. The normalized spacial score (nSPS) is 17.0. The van der Waals surface area contributed by atoms with Crippen LogP contribution in [0.1, 0.15) is 24.8 Å². The van der Waals surface area contributed by atoms with Crippen LogP contribution < -0.4 is 0 Å². The van der Waals surface area contributed by atoms with Gasteiger partial charge in [-0.2, -0.15) is 26.3 Å². The molecule has 0 unspecified atom stereocenters. The van der Waals surface area contributed by atoms with Crippen LogP contribution in [0.15, 0.2) is 47.4 Å². The number of likely N-dealkylation sites (tertiary alicyclic amines) is 1. The van der Waals surface area contributed by atoms with E-state index in [-0.39, 0.29) is 53.5 Å². The number of hydrogen-bond donors (Lipinski definition) is 0. The minimum Gasteiger partial charge on any atom is -0.303 e. The van der Waals surface area contributed by atoms with Crippen molar-refractivity contribution >= 4 is 21.4 Å². The third-order valence-electron chi connectivity index (χ3n) is 5.48. The van der Waals surface area contributed by atoms with E-state index in [2.05, 4.69) is 0 Å². The van der Waals surface area contributed by atoms with Crippen LogP contribution >= 0.6 is 11.6 Å². The monoisotopic (exact) mass is 499 g/mol. The Bertz CT molecular complexity index is 1040. The van der Waals surface area contributed by atoms with Gasteiger partial charge in [0.05, 0.1) is 22.1 Å². The van der Waals surface area contributed by atoms with Crippen LogP contribution in [-0.2, 0) is 16.0 Å². The predicted octanol–water partition coefficient (Wildman–Crippen LogP) is 6.22. The standard InChI is InChI=1S/C21H20ClF6NO2S/c22-18-3-1-2-17(21(26,27)28)19(18)14-4-6-15(7-5-14)32(30,31)16-8-11-29(12-9-16)13-10-20(23,24)25/h1-7,16H,8-13H2. The Labute approximate surface area is 186 Å². The molecule has 1 saturated heterocycles. The van der Waals surface area contributed by atoms with Gasteiger partial charge in [0.25, 0.3) is 0 Å². The van der Waals surface area contributed by atoms with Crippen molar-refractivity contribution < 1.29 is 34.8 Å². The van der Waals surface area contributed by atoms with Gasteiger partial charge in [-0.25, -0.2) is 8.42 Å². The number of hydrogen-bond acceptors (Lipinski definition) is 3.